The summed E-state index contributed by atoms with van der Waals surface area (Å²) in [4.78, 5) is 35.5. The van der Waals surface area contributed by atoms with Crippen LogP contribution in [0.3, 0.4) is 0 Å². The highest BCUT2D eigenvalue weighted by molar-refractivity contribution is 5.90. The summed E-state index contributed by atoms with van der Waals surface area (Å²) < 4.78 is 12.8. The minimum Gasteiger partial charge on any atom is -0.491 e. The van der Waals surface area contributed by atoms with E-state index >= 15 is 0 Å². The highest BCUT2D eigenvalue weighted by Crippen LogP contribution is 2.27. The molecule has 0 bridgehead atoms. The van der Waals surface area contributed by atoms with Crippen LogP contribution in [0, 0.1) is 6.92 Å². The Morgan fingerprint density at radius 3 is 2.28 bits per heavy atom. The van der Waals surface area contributed by atoms with E-state index in [2.05, 4.69) is 15.6 Å². The Bertz CT molecular complexity index is 1490. The van der Waals surface area contributed by atoms with E-state index in [-0.39, 0.29) is 5.56 Å². The lowest BCUT2D eigenvalue weighted by Gasteiger charge is -2.12. The Balaban J connectivity index is 1.46. The Morgan fingerprint density at radius 2 is 1.56 bits per heavy atom. The van der Waals surface area contributed by atoms with Crippen LogP contribution in [0.1, 0.15) is 48.3 Å². The molecule has 0 saturated carbocycles. The topological polar surface area (TPSA) is 107 Å². The number of carbonyl (C=O) groups excluding carboxylic acids is 1. The van der Waals surface area contributed by atoms with Crippen LogP contribution < -0.4 is 20.5 Å². The number of hydrogen-bond donors (Lipinski definition) is 2. The van der Waals surface area contributed by atoms with Crippen molar-refractivity contribution in [2.75, 3.05) is 18.7 Å². The summed E-state index contributed by atoms with van der Waals surface area (Å²) >= 11 is 0. The molecule has 0 amide bonds. The molecule has 4 aromatic rings. The molecule has 0 aliphatic heterocycles. The van der Waals surface area contributed by atoms with Crippen molar-refractivity contribution in [3.63, 3.8) is 0 Å². The molecule has 9 nitrogen and oxygen atoms in total. The molecule has 3 aromatic carbocycles. The third-order valence-electron chi connectivity index (χ3n) is 5.74. The van der Waals surface area contributed by atoms with Crippen LogP contribution in [0.2, 0.25) is 0 Å². The van der Waals surface area contributed by atoms with Crippen LogP contribution in [0.25, 0.3) is 5.69 Å². The summed E-state index contributed by atoms with van der Waals surface area (Å²) in [5.41, 5.74) is 5.58. The number of para-hydroxylation sites is 4. The molecule has 0 aliphatic carbocycles. The number of aryl methyl sites for hydroxylation is 1. The quantitative estimate of drug-likeness (QED) is 0.173. The number of nitrogens with zero attached hydrogens (tertiary/aromatic N) is 2. The van der Waals surface area contributed by atoms with Crippen LogP contribution >= 0.6 is 0 Å². The molecule has 0 fully saturated rings. The zero-order valence-electron chi connectivity index (χ0n) is 22.3. The SMILES string of the molecule is CCCOc1ccccc1N=Cc1c(C)[nH]n(-c2ccc(C(=O)ONc3ccccc3OCCC)cc2)c1=O. The van der Waals surface area contributed by atoms with E-state index < -0.39 is 5.97 Å². The van der Waals surface area contributed by atoms with E-state index in [0.717, 1.165) is 12.8 Å². The number of hydrogen-bond acceptors (Lipinski definition) is 7. The van der Waals surface area contributed by atoms with Gasteiger partial charge in [0.25, 0.3) is 5.56 Å². The van der Waals surface area contributed by atoms with Crippen molar-refractivity contribution in [1.82, 2.24) is 9.78 Å². The number of aliphatic imine (C=N–C) groups is 1. The van der Waals surface area contributed by atoms with Gasteiger partial charge in [-0.25, -0.2) is 15.0 Å². The van der Waals surface area contributed by atoms with E-state index in [1.165, 1.54) is 10.9 Å². The highest BCUT2D eigenvalue weighted by atomic mass is 16.7. The second-order valence-corrected chi connectivity index (χ2v) is 8.75. The van der Waals surface area contributed by atoms with E-state index in [4.69, 9.17) is 14.3 Å². The fourth-order valence-corrected chi connectivity index (χ4v) is 3.72. The van der Waals surface area contributed by atoms with Crippen molar-refractivity contribution in [2.45, 2.75) is 33.6 Å². The predicted molar refractivity (Wildman–Crippen MR) is 152 cm³/mol. The zero-order chi connectivity index (χ0) is 27.6. The Hall–Kier alpha value is -4.79. The van der Waals surface area contributed by atoms with Gasteiger partial charge < -0.3 is 14.3 Å². The first-order valence-electron chi connectivity index (χ1n) is 12.9. The smallest absolute Gasteiger partial charge is 0.362 e. The van der Waals surface area contributed by atoms with Crippen molar-refractivity contribution in [3.05, 3.63) is 100.0 Å². The molecule has 1 aromatic heterocycles. The second-order valence-electron chi connectivity index (χ2n) is 8.75. The normalized spacial score (nSPS) is 10.9. The maximum atomic E-state index is 13.1. The number of nitrogens with one attached hydrogen (secondary N) is 2. The molecule has 0 aliphatic rings. The Morgan fingerprint density at radius 1 is 0.923 bits per heavy atom. The van der Waals surface area contributed by atoms with E-state index in [1.54, 1.807) is 43.3 Å². The van der Waals surface area contributed by atoms with Gasteiger partial charge >= 0.3 is 5.97 Å². The van der Waals surface area contributed by atoms with Crippen molar-refractivity contribution < 1.29 is 19.1 Å². The molecule has 0 spiro atoms. The Kier molecular flexibility index (Phi) is 9.18. The molecule has 0 saturated heterocycles. The lowest BCUT2D eigenvalue weighted by atomic mass is 10.2. The number of anilines is 1. The number of aromatic nitrogens is 2. The fraction of sp³-hybridized carbons (Fsp3) is 0.233. The number of aromatic amines is 1. The van der Waals surface area contributed by atoms with Crippen LogP contribution in [0.4, 0.5) is 11.4 Å². The number of carbonyl (C=O) groups is 1. The number of benzene rings is 3. The zero-order valence-corrected chi connectivity index (χ0v) is 22.3. The second kappa shape index (κ2) is 13.1. The van der Waals surface area contributed by atoms with Crippen molar-refractivity contribution in [2.24, 2.45) is 4.99 Å². The minimum atomic E-state index is -0.571. The molecular formula is C30H32N4O5. The van der Waals surface area contributed by atoms with Gasteiger partial charge in [0, 0.05) is 11.9 Å². The van der Waals surface area contributed by atoms with E-state index in [9.17, 15) is 9.59 Å². The maximum Gasteiger partial charge on any atom is 0.362 e. The summed E-state index contributed by atoms with van der Waals surface area (Å²) in [6.45, 7) is 7.00. The van der Waals surface area contributed by atoms with Crippen LogP contribution in [-0.2, 0) is 4.84 Å². The predicted octanol–water partition coefficient (Wildman–Crippen LogP) is 5.99. The Labute approximate surface area is 227 Å². The summed E-state index contributed by atoms with van der Waals surface area (Å²) in [6.07, 6.45) is 3.28. The fourth-order valence-electron chi connectivity index (χ4n) is 3.72. The molecule has 2 N–H and O–H groups in total. The number of rotatable bonds is 12. The molecule has 1 heterocycles. The van der Waals surface area contributed by atoms with Gasteiger partial charge in [-0.2, -0.15) is 0 Å². The first-order valence-corrected chi connectivity index (χ1v) is 12.9. The average Bonchev–Trinajstić information content (AvgIpc) is 3.25. The van der Waals surface area contributed by atoms with E-state index in [0.29, 0.717) is 58.6 Å². The standard InChI is InChI=1S/C30H32N4O5/c1-4-18-37-27-12-8-6-10-25(27)31-20-24-21(3)32-34(29(24)35)23-16-14-22(15-17-23)30(36)39-33-26-11-7-9-13-28(26)38-19-5-2/h6-17,20,32-33H,4-5,18-19H2,1-3H3. The molecule has 39 heavy (non-hydrogen) atoms. The van der Waals surface area contributed by atoms with Gasteiger partial charge in [0.15, 0.2) is 0 Å². The molecular weight excluding hydrogens is 496 g/mol. The summed E-state index contributed by atoms with van der Waals surface area (Å²) in [6, 6.07) is 21.2. The lowest BCUT2D eigenvalue weighted by molar-refractivity contribution is 0.0595. The van der Waals surface area contributed by atoms with Gasteiger partial charge in [-0.15, -0.1) is 0 Å². The van der Waals surface area contributed by atoms with Crippen LogP contribution in [-0.4, -0.2) is 35.2 Å². The third-order valence-corrected chi connectivity index (χ3v) is 5.74. The van der Waals surface area contributed by atoms with Gasteiger partial charge in [-0.3, -0.25) is 14.9 Å². The lowest BCUT2D eigenvalue weighted by Crippen LogP contribution is -2.17. The summed E-state index contributed by atoms with van der Waals surface area (Å²) in [5.74, 6) is 0.692. The molecule has 202 valence electrons. The molecule has 0 radical (unpaired) electrons. The maximum absolute atomic E-state index is 13.1. The largest absolute Gasteiger partial charge is 0.491 e. The van der Waals surface area contributed by atoms with Crippen LogP contribution in [0.5, 0.6) is 11.5 Å². The van der Waals surface area contributed by atoms with Gasteiger partial charge in [-0.05, 0) is 68.3 Å². The number of ether oxygens (including phenoxy) is 2. The van der Waals surface area contributed by atoms with Gasteiger partial charge in [0.2, 0.25) is 0 Å². The summed E-state index contributed by atoms with van der Waals surface area (Å²) in [5, 5.41) is 3.07. The molecule has 0 unspecified atom stereocenters. The van der Waals surface area contributed by atoms with Gasteiger partial charge in [-0.1, -0.05) is 38.1 Å². The molecule has 9 heteroatoms. The first kappa shape index (κ1) is 27.3. The summed E-state index contributed by atoms with van der Waals surface area (Å²) in [7, 11) is 0. The first-order chi connectivity index (χ1) is 19.0. The van der Waals surface area contributed by atoms with Crippen molar-refractivity contribution in [1.29, 1.82) is 0 Å². The average molecular weight is 529 g/mol. The van der Waals surface area contributed by atoms with Gasteiger partial charge in [0.05, 0.1) is 30.0 Å². The van der Waals surface area contributed by atoms with E-state index in [1.807, 2.05) is 50.2 Å². The molecule has 0 atom stereocenters. The van der Waals surface area contributed by atoms with Crippen LogP contribution in [0.15, 0.2) is 82.6 Å². The monoisotopic (exact) mass is 528 g/mol. The van der Waals surface area contributed by atoms with Crippen molar-refractivity contribution >= 4 is 23.6 Å². The van der Waals surface area contributed by atoms with Gasteiger partial charge in [0.1, 0.15) is 22.9 Å². The van der Waals surface area contributed by atoms with Crippen molar-refractivity contribution in [3.8, 4) is 17.2 Å². The minimum absolute atomic E-state index is 0.260. The highest BCUT2D eigenvalue weighted by Gasteiger charge is 2.14. The third kappa shape index (κ3) is 6.75. The molecule has 4 rings (SSSR count). The number of H-pyrrole nitrogens is 1.